The summed E-state index contributed by atoms with van der Waals surface area (Å²) in [5.41, 5.74) is 2.62. The molecule has 4 heteroatoms. The molecule has 0 aliphatic carbocycles. The van der Waals surface area contributed by atoms with Crippen molar-refractivity contribution in [1.82, 2.24) is 4.98 Å². The molecule has 0 atom stereocenters. The van der Waals surface area contributed by atoms with Gasteiger partial charge in [-0.3, -0.25) is 4.98 Å². The molecule has 23 heavy (non-hydrogen) atoms. The Bertz CT molecular complexity index is 604. The summed E-state index contributed by atoms with van der Waals surface area (Å²) in [4.78, 5) is 4.44. The first kappa shape index (κ1) is 16.1. The predicted molar refractivity (Wildman–Crippen MR) is 87.3 cm³/mol. The van der Waals surface area contributed by atoms with Crippen molar-refractivity contribution in [2.75, 3.05) is 13.2 Å². The highest BCUT2D eigenvalue weighted by Crippen LogP contribution is 2.28. The van der Waals surface area contributed by atoms with Crippen LogP contribution in [-0.2, 0) is 9.47 Å². The molecule has 0 amide bonds. The van der Waals surface area contributed by atoms with Crippen LogP contribution in [0.25, 0.3) is 11.3 Å². The van der Waals surface area contributed by atoms with Crippen LogP contribution < -0.4 is 0 Å². The lowest BCUT2D eigenvalue weighted by atomic mass is 10.0. The SMILES string of the molecule is CCCC[C@H]1CO[C@H](c2ccc(-c3ccc(F)cc3)nc2)OC1. The smallest absolute Gasteiger partial charge is 0.185 e. The van der Waals surface area contributed by atoms with Gasteiger partial charge in [-0.25, -0.2) is 4.39 Å². The first-order valence-corrected chi connectivity index (χ1v) is 8.21. The van der Waals surface area contributed by atoms with Gasteiger partial charge in [0.05, 0.1) is 18.9 Å². The third-order valence-electron chi connectivity index (χ3n) is 4.13. The zero-order valence-electron chi connectivity index (χ0n) is 13.4. The Balaban J connectivity index is 1.61. The van der Waals surface area contributed by atoms with E-state index in [0.29, 0.717) is 5.92 Å². The Morgan fingerprint density at radius 1 is 1.09 bits per heavy atom. The minimum absolute atomic E-state index is 0.244. The maximum absolute atomic E-state index is 13.0. The van der Waals surface area contributed by atoms with Crippen LogP contribution in [0.1, 0.15) is 38.0 Å². The second-order valence-corrected chi connectivity index (χ2v) is 5.99. The first-order chi connectivity index (χ1) is 11.3. The molecule has 2 aromatic rings. The molecule has 0 saturated carbocycles. The molecule has 0 spiro atoms. The average molecular weight is 315 g/mol. The number of hydrogen-bond acceptors (Lipinski definition) is 3. The number of pyridine rings is 1. The standard InChI is InChI=1S/C19H22FNO2/c1-2-3-4-14-12-22-19(23-13-14)16-7-10-18(21-11-16)15-5-8-17(20)9-6-15/h5-11,14,19H,2-4,12-13H2,1H3/t14-,19-. The fourth-order valence-electron chi connectivity index (χ4n) is 2.73. The third-order valence-corrected chi connectivity index (χ3v) is 4.13. The minimum Gasteiger partial charge on any atom is -0.348 e. The second-order valence-electron chi connectivity index (χ2n) is 5.99. The van der Waals surface area contributed by atoms with Gasteiger partial charge in [-0.05, 0) is 36.8 Å². The van der Waals surface area contributed by atoms with Crippen LogP contribution in [0.3, 0.4) is 0 Å². The highest BCUT2D eigenvalue weighted by molar-refractivity contribution is 5.58. The maximum Gasteiger partial charge on any atom is 0.185 e. The lowest BCUT2D eigenvalue weighted by molar-refractivity contribution is -0.206. The Kier molecular flexibility index (Phi) is 5.36. The summed E-state index contributed by atoms with van der Waals surface area (Å²) in [6, 6.07) is 10.2. The third kappa shape index (κ3) is 4.15. The van der Waals surface area contributed by atoms with Crippen molar-refractivity contribution in [3.05, 3.63) is 54.0 Å². The number of benzene rings is 1. The van der Waals surface area contributed by atoms with Crippen molar-refractivity contribution in [2.24, 2.45) is 5.92 Å². The topological polar surface area (TPSA) is 31.4 Å². The highest BCUT2D eigenvalue weighted by Gasteiger charge is 2.23. The van der Waals surface area contributed by atoms with Gasteiger partial charge in [0.15, 0.2) is 6.29 Å². The zero-order valence-corrected chi connectivity index (χ0v) is 13.4. The number of unbranched alkanes of at least 4 members (excludes halogenated alkanes) is 1. The molecule has 0 bridgehead atoms. The van der Waals surface area contributed by atoms with Crippen LogP contribution in [0.4, 0.5) is 4.39 Å². The van der Waals surface area contributed by atoms with Crippen LogP contribution in [0.15, 0.2) is 42.6 Å². The van der Waals surface area contributed by atoms with E-state index < -0.39 is 0 Å². The molecule has 0 unspecified atom stereocenters. The molecule has 3 rings (SSSR count). The summed E-state index contributed by atoms with van der Waals surface area (Å²) < 4.78 is 24.6. The van der Waals surface area contributed by atoms with E-state index in [-0.39, 0.29) is 12.1 Å². The van der Waals surface area contributed by atoms with Crippen molar-refractivity contribution in [3.8, 4) is 11.3 Å². The predicted octanol–water partition coefficient (Wildman–Crippen LogP) is 4.74. The number of halogens is 1. The van der Waals surface area contributed by atoms with Crippen LogP contribution in [0.2, 0.25) is 0 Å². The van der Waals surface area contributed by atoms with E-state index in [0.717, 1.165) is 36.5 Å². The maximum atomic E-state index is 13.0. The van der Waals surface area contributed by atoms with Gasteiger partial charge in [0.25, 0.3) is 0 Å². The van der Waals surface area contributed by atoms with Gasteiger partial charge >= 0.3 is 0 Å². The minimum atomic E-state index is -0.331. The molecule has 3 nitrogen and oxygen atoms in total. The summed E-state index contributed by atoms with van der Waals surface area (Å²) in [6.07, 6.45) is 5.02. The first-order valence-electron chi connectivity index (χ1n) is 8.21. The van der Waals surface area contributed by atoms with Crippen molar-refractivity contribution in [2.45, 2.75) is 32.5 Å². The second kappa shape index (κ2) is 7.66. The molecule has 1 aliphatic heterocycles. The molecule has 1 aliphatic rings. The Morgan fingerprint density at radius 3 is 2.43 bits per heavy atom. The van der Waals surface area contributed by atoms with Crippen molar-refractivity contribution in [3.63, 3.8) is 0 Å². The van der Waals surface area contributed by atoms with Crippen LogP contribution in [0, 0.1) is 11.7 Å². The van der Waals surface area contributed by atoms with E-state index in [1.165, 1.54) is 25.0 Å². The summed E-state index contributed by atoms with van der Waals surface area (Å²) in [5.74, 6) is 0.254. The molecule has 0 radical (unpaired) electrons. The quantitative estimate of drug-likeness (QED) is 0.798. The lowest BCUT2D eigenvalue weighted by Crippen LogP contribution is -2.27. The molecule has 2 heterocycles. The van der Waals surface area contributed by atoms with Crippen LogP contribution in [0.5, 0.6) is 0 Å². The number of rotatable bonds is 5. The van der Waals surface area contributed by atoms with Crippen molar-refractivity contribution >= 4 is 0 Å². The number of ether oxygens (including phenoxy) is 2. The van der Waals surface area contributed by atoms with E-state index in [1.54, 1.807) is 18.3 Å². The molecular formula is C19H22FNO2. The van der Waals surface area contributed by atoms with Crippen molar-refractivity contribution < 1.29 is 13.9 Å². The van der Waals surface area contributed by atoms with E-state index in [9.17, 15) is 4.39 Å². The fraction of sp³-hybridized carbons (Fsp3) is 0.421. The van der Waals surface area contributed by atoms with Crippen LogP contribution in [-0.4, -0.2) is 18.2 Å². The molecule has 0 N–H and O–H groups in total. The summed E-state index contributed by atoms with van der Waals surface area (Å²) in [7, 11) is 0. The highest BCUT2D eigenvalue weighted by atomic mass is 19.1. The van der Waals surface area contributed by atoms with E-state index in [4.69, 9.17) is 9.47 Å². The molecule has 1 saturated heterocycles. The van der Waals surface area contributed by atoms with Gasteiger partial charge < -0.3 is 9.47 Å². The monoisotopic (exact) mass is 315 g/mol. The largest absolute Gasteiger partial charge is 0.348 e. The molecule has 1 aromatic heterocycles. The van der Waals surface area contributed by atoms with E-state index in [2.05, 4.69) is 11.9 Å². The molecule has 1 aromatic carbocycles. The molecule has 122 valence electrons. The van der Waals surface area contributed by atoms with Gasteiger partial charge in [-0.15, -0.1) is 0 Å². The lowest BCUT2D eigenvalue weighted by Gasteiger charge is -2.29. The van der Waals surface area contributed by atoms with Crippen molar-refractivity contribution in [1.29, 1.82) is 0 Å². The van der Waals surface area contributed by atoms with Gasteiger partial charge in [-0.1, -0.05) is 25.8 Å². The number of hydrogen-bond donors (Lipinski definition) is 0. The summed E-state index contributed by atoms with van der Waals surface area (Å²) in [6.45, 7) is 3.68. The van der Waals surface area contributed by atoms with Gasteiger partial charge in [0, 0.05) is 23.2 Å². The van der Waals surface area contributed by atoms with E-state index in [1.807, 2.05) is 12.1 Å². The zero-order chi connectivity index (χ0) is 16.1. The Morgan fingerprint density at radius 2 is 1.83 bits per heavy atom. The van der Waals surface area contributed by atoms with Crippen LogP contribution >= 0.6 is 0 Å². The average Bonchev–Trinajstić information content (AvgIpc) is 2.61. The Hall–Kier alpha value is -1.78. The molecule has 1 fully saturated rings. The number of nitrogens with zero attached hydrogens (tertiary/aromatic N) is 1. The number of aromatic nitrogens is 1. The van der Waals surface area contributed by atoms with Gasteiger partial charge in [0.2, 0.25) is 0 Å². The summed E-state index contributed by atoms with van der Waals surface area (Å²) >= 11 is 0. The van der Waals surface area contributed by atoms with E-state index >= 15 is 0 Å². The Labute approximate surface area is 136 Å². The summed E-state index contributed by atoms with van der Waals surface area (Å²) in [5, 5.41) is 0. The van der Waals surface area contributed by atoms with Gasteiger partial charge in [0.1, 0.15) is 5.82 Å². The normalized spacial score (nSPS) is 21.3. The van der Waals surface area contributed by atoms with Gasteiger partial charge in [-0.2, -0.15) is 0 Å². The fourth-order valence-corrected chi connectivity index (χ4v) is 2.73. The molecular weight excluding hydrogens is 293 g/mol.